The van der Waals surface area contributed by atoms with Crippen LogP contribution >= 0.6 is 0 Å². The Balaban J connectivity index is -0.000000133. The van der Waals surface area contributed by atoms with Gasteiger partial charge < -0.3 is 9.47 Å². The highest BCUT2D eigenvalue weighted by atomic mass is 16.6. The molecule has 0 N–H and O–H groups in total. The van der Waals surface area contributed by atoms with E-state index in [4.69, 9.17) is 9.47 Å². The maximum atomic E-state index is 12.6. The Morgan fingerprint density at radius 2 is 1.15 bits per heavy atom. The summed E-state index contributed by atoms with van der Waals surface area (Å²) < 4.78 is 10.3. The molecule has 1 unspecified atom stereocenters. The minimum Gasteiger partial charge on any atom is -0.451 e. The predicted molar refractivity (Wildman–Crippen MR) is 120 cm³/mol. The van der Waals surface area contributed by atoms with Crippen LogP contribution in [0.3, 0.4) is 0 Å². The fourth-order valence-corrected chi connectivity index (χ4v) is 1.86. The third kappa shape index (κ3) is 12.0. The Hall–Kier alpha value is -1.23. The van der Waals surface area contributed by atoms with Crippen LogP contribution in [0, 0.1) is 10.8 Å². The van der Waals surface area contributed by atoms with Gasteiger partial charge in [-0.05, 0) is 34.1 Å². The van der Waals surface area contributed by atoms with Gasteiger partial charge in [-0.25, -0.2) is 0 Å². The van der Waals surface area contributed by atoms with Gasteiger partial charge >= 0.3 is 5.97 Å². The van der Waals surface area contributed by atoms with E-state index >= 15 is 0 Å². The molecule has 0 fully saturated rings. The minimum atomic E-state index is -1.33. The molecule has 1 atom stereocenters. The van der Waals surface area contributed by atoms with E-state index in [0.717, 1.165) is 0 Å². The molecule has 0 aliphatic rings. The van der Waals surface area contributed by atoms with Crippen LogP contribution in [0.2, 0.25) is 0 Å². The lowest BCUT2D eigenvalue weighted by molar-refractivity contribution is -0.177. The smallest absolute Gasteiger partial charge is 0.320 e. The largest absolute Gasteiger partial charge is 0.451 e. The second-order valence-corrected chi connectivity index (χ2v) is 7.11. The lowest BCUT2D eigenvalue weighted by atomic mass is 9.71. The summed E-state index contributed by atoms with van der Waals surface area (Å²) in [6.07, 6.45) is 0.215. The van der Waals surface area contributed by atoms with E-state index in [1.165, 1.54) is 27.9 Å². The molecular formula is C22H52O5. The van der Waals surface area contributed by atoms with E-state index in [1.807, 2.05) is 0 Å². The minimum absolute atomic E-state index is 0. The van der Waals surface area contributed by atoms with Gasteiger partial charge in [-0.15, -0.1) is 0 Å². The summed E-state index contributed by atoms with van der Waals surface area (Å²) in [4.78, 5) is 36.7. The molecule has 0 amide bonds. The predicted octanol–water partition coefficient (Wildman–Crippen LogP) is 6.37. The lowest BCUT2D eigenvalue weighted by Crippen LogP contribution is -2.48. The van der Waals surface area contributed by atoms with Crippen molar-refractivity contribution >= 4 is 17.5 Å². The van der Waals surface area contributed by atoms with E-state index in [-0.39, 0.29) is 69.2 Å². The Morgan fingerprint density at radius 3 is 1.41 bits per heavy atom. The summed E-state index contributed by atoms with van der Waals surface area (Å²) >= 11 is 0. The lowest BCUT2D eigenvalue weighted by Gasteiger charge is -2.34. The van der Waals surface area contributed by atoms with E-state index in [0.29, 0.717) is 0 Å². The van der Waals surface area contributed by atoms with E-state index in [1.54, 1.807) is 27.7 Å². The summed E-state index contributed by atoms with van der Waals surface area (Å²) in [5.74, 6) is -1.18. The fraction of sp³-hybridized carbons (Fsp3) is 0.864. The average molecular weight is 397 g/mol. The van der Waals surface area contributed by atoms with Crippen molar-refractivity contribution in [3.8, 4) is 0 Å². The number of hydrogen-bond acceptors (Lipinski definition) is 5. The first-order valence-corrected chi connectivity index (χ1v) is 7.07. The monoisotopic (exact) mass is 396 g/mol. The Morgan fingerprint density at radius 1 is 0.778 bits per heavy atom. The standard InChI is InChI=1S/C16H28O5.6CH4/c1-11(17)15(5,6)21-13(19)16(7,9-10-20-8)12(18)14(2,3)4;;;;;;/h9-10H2,1-8H3;6*1H4. The van der Waals surface area contributed by atoms with Crippen molar-refractivity contribution in [3.63, 3.8) is 0 Å². The molecule has 0 rings (SSSR count). The molecule has 0 spiro atoms. The quantitative estimate of drug-likeness (QED) is 0.369. The molecule has 0 bridgehead atoms. The molecule has 5 heteroatoms. The number of ketones is 2. The van der Waals surface area contributed by atoms with E-state index < -0.39 is 22.4 Å². The molecule has 5 nitrogen and oxygen atoms in total. The van der Waals surface area contributed by atoms with Crippen LogP contribution in [0.5, 0.6) is 0 Å². The molecule has 0 heterocycles. The second kappa shape index (κ2) is 15.8. The number of rotatable bonds is 7. The van der Waals surface area contributed by atoms with Crippen LogP contribution in [-0.4, -0.2) is 36.9 Å². The first-order valence-electron chi connectivity index (χ1n) is 7.07. The maximum absolute atomic E-state index is 12.6. The van der Waals surface area contributed by atoms with Crippen LogP contribution in [0.25, 0.3) is 0 Å². The number of ether oxygens (including phenoxy) is 2. The van der Waals surface area contributed by atoms with Gasteiger partial charge in [0.05, 0.1) is 0 Å². The first-order chi connectivity index (χ1) is 9.29. The normalized spacial score (nSPS) is 11.9. The molecule has 0 aromatic carbocycles. The summed E-state index contributed by atoms with van der Waals surface area (Å²) in [5, 5.41) is 0. The number of carbonyl (C=O) groups is 3. The van der Waals surface area contributed by atoms with Crippen molar-refractivity contribution in [2.75, 3.05) is 13.7 Å². The molecule has 0 saturated heterocycles. The zero-order valence-electron chi connectivity index (χ0n) is 14.5. The fourth-order valence-electron chi connectivity index (χ4n) is 1.86. The average Bonchev–Trinajstić information content (AvgIpc) is 2.32. The molecular weight excluding hydrogens is 344 g/mol. The highest BCUT2D eigenvalue weighted by Gasteiger charge is 2.48. The molecule has 0 aromatic heterocycles. The van der Waals surface area contributed by atoms with E-state index in [9.17, 15) is 14.4 Å². The van der Waals surface area contributed by atoms with Gasteiger partial charge in [0.1, 0.15) is 5.41 Å². The highest BCUT2D eigenvalue weighted by molar-refractivity contribution is 6.06. The summed E-state index contributed by atoms with van der Waals surface area (Å²) in [6.45, 7) is 11.5. The zero-order chi connectivity index (χ0) is 17.1. The Bertz CT molecular complexity index is 419. The number of Topliss-reactive ketones (excluding diaryl/α,β-unsaturated/α-hetero) is 2. The van der Waals surface area contributed by atoms with Crippen molar-refractivity contribution in [2.24, 2.45) is 10.8 Å². The van der Waals surface area contributed by atoms with Crippen molar-refractivity contribution < 1.29 is 23.9 Å². The van der Waals surface area contributed by atoms with Gasteiger partial charge in [0.15, 0.2) is 17.2 Å². The van der Waals surface area contributed by atoms with Crippen LogP contribution in [0.15, 0.2) is 0 Å². The van der Waals surface area contributed by atoms with Crippen molar-refractivity contribution in [1.29, 1.82) is 0 Å². The summed E-state index contributed by atoms with van der Waals surface area (Å²) in [5.41, 5.74) is -3.27. The van der Waals surface area contributed by atoms with Crippen LogP contribution in [-0.2, 0) is 23.9 Å². The molecule has 170 valence electrons. The molecule has 0 saturated carbocycles. The van der Waals surface area contributed by atoms with Crippen LogP contribution in [0.1, 0.15) is 99.4 Å². The van der Waals surface area contributed by atoms with Gasteiger partial charge in [-0.1, -0.05) is 65.3 Å². The number of methoxy groups -OCH3 is 1. The number of hydrogen-bond donors (Lipinski definition) is 0. The Kier molecular flexibility index (Phi) is 26.2. The summed E-state index contributed by atoms with van der Waals surface area (Å²) in [6, 6.07) is 0. The molecule has 0 aromatic rings. The zero-order valence-corrected chi connectivity index (χ0v) is 14.5. The number of carbonyl (C=O) groups excluding carboxylic acids is 3. The first kappa shape index (κ1) is 44.9. The molecule has 27 heavy (non-hydrogen) atoms. The SMILES string of the molecule is C.C.C.C.C.C.COCCC(C)(C(=O)OC(C)(C)C(C)=O)C(=O)C(C)(C)C. The maximum Gasteiger partial charge on any atom is 0.320 e. The third-order valence-electron chi connectivity index (χ3n) is 3.63. The van der Waals surface area contributed by atoms with Gasteiger partial charge in [-0.2, -0.15) is 0 Å². The van der Waals surface area contributed by atoms with Crippen molar-refractivity contribution in [3.05, 3.63) is 0 Å². The highest BCUT2D eigenvalue weighted by Crippen LogP contribution is 2.35. The molecule has 0 aliphatic carbocycles. The van der Waals surface area contributed by atoms with Gasteiger partial charge in [0.25, 0.3) is 0 Å². The van der Waals surface area contributed by atoms with Gasteiger partial charge in [0, 0.05) is 19.1 Å². The van der Waals surface area contributed by atoms with Crippen molar-refractivity contribution in [1.82, 2.24) is 0 Å². The Labute approximate surface area is 171 Å². The van der Waals surface area contributed by atoms with Crippen molar-refractivity contribution in [2.45, 2.75) is 105 Å². The molecule has 0 aliphatic heterocycles. The van der Waals surface area contributed by atoms with Gasteiger partial charge in [-0.3, -0.25) is 14.4 Å². The third-order valence-corrected chi connectivity index (χ3v) is 3.63. The number of esters is 1. The van der Waals surface area contributed by atoms with E-state index in [2.05, 4.69) is 0 Å². The van der Waals surface area contributed by atoms with Gasteiger partial charge in [0.2, 0.25) is 0 Å². The van der Waals surface area contributed by atoms with Crippen LogP contribution < -0.4 is 0 Å². The second-order valence-electron chi connectivity index (χ2n) is 7.11. The topological polar surface area (TPSA) is 69.7 Å². The van der Waals surface area contributed by atoms with Crippen LogP contribution in [0.4, 0.5) is 0 Å². The summed E-state index contributed by atoms with van der Waals surface area (Å²) in [7, 11) is 1.51. The molecule has 0 radical (unpaired) electrons.